The molecule has 0 heterocycles. The smallest absolute Gasteiger partial charge is 0.409 e. The van der Waals surface area contributed by atoms with E-state index in [9.17, 15) is 18.0 Å². The van der Waals surface area contributed by atoms with Gasteiger partial charge in [-0.15, -0.1) is 0 Å². The van der Waals surface area contributed by atoms with E-state index in [1.54, 1.807) is 0 Å². The molecule has 0 aliphatic heterocycles. The molecule has 1 N–H and O–H groups in total. The van der Waals surface area contributed by atoms with Crippen molar-refractivity contribution in [1.82, 2.24) is 9.62 Å². The van der Waals surface area contributed by atoms with Crippen LogP contribution in [0.3, 0.4) is 0 Å². The number of rotatable bonds is 4. The van der Waals surface area contributed by atoms with Crippen LogP contribution in [-0.2, 0) is 19.6 Å². The minimum atomic E-state index is -3.99. The van der Waals surface area contributed by atoms with E-state index in [1.165, 1.54) is 31.3 Å². The lowest BCUT2D eigenvalue weighted by Crippen LogP contribution is -2.40. The minimum Gasteiger partial charge on any atom is -0.453 e. The summed E-state index contributed by atoms with van der Waals surface area (Å²) in [6.07, 6.45) is -0.746. The van der Waals surface area contributed by atoms with Crippen molar-refractivity contribution in [3.8, 4) is 0 Å². The molecule has 1 rings (SSSR count). The van der Waals surface area contributed by atoms with Crippen molar-refractivity contribution >= 4 is 33.6 Å². The molecule has 0 radical (unpaired) electrons. The number of likely N-dealkylation sites (N-methyl/N-ethyl adjacent to an activating group) is 1. The number of carbonyl (C=O) groups excluding carboxylic acids is 2. The molecular formula is C11H13ClN2O5S. The molecule has 1 aromatic carbocycles. The van der Waals surface area contributed by atoms with Crippen LogP contribution in [0.15, 0.2) is 29.2 Å². The maximum absolute atomic E-state index is 11.9. The highest BCUT2D eigenvalue weighted by molar-refractivity contribution is 7.90. The first-order valence-corrected chi connectivity index (χ1v) is 7.22. The molecule has 0 fully saturated rings. The van der Waals surface area contributed by atoms with Crippen LogP contribution in [0.25, 0.3) is 0 Å². The fraction of sp³-hybridized carbons (Fsp3) is 0.273. The monoisotopic (exact) mass is 320 g/mol. The number of nitrogens with zero attached hydrogens (tertiary/aromatic N) is 1. The Bertz CT molecular complexity index is 600. The first kappa shape index (κ1) is 16.3. The van der Waals surface area contributed by atoms with Crippen LogP contribution in [-0.4, -0.2) is 46.0 Å². The molecule has 7 nitrogen and oxygen atoms in total. The highest BCUT2D eigenvalue weighted by Crippen LogP contribution is 2.13. The van der Waals surface area contributed by atoms with E-state index in [1.807, 2.05) is 4.72 Å². The average molecular weight is 321 g/mol. The van der Waals surface area contributed by atoms with Gasteiger partial charge in [-0.3, -0.25) is 4.79 Å². The van der Waals surface area contributed by atoms with Crippen LogP contribution in [0.5, 0.6) is 0 Å². The summed E-state index contributed by atoms with van der Waals surface area (Å²) < 4.78 is 30.0. The van der Waals surface area contributed by atoms with Crippen LogP contribution in [0.4, 0.5) is 4.79 Å². The van der Waals surface area contributed by atoms with E-state index in [-0.39, 0.29) is 4.90 Å². The zero-order valence-electron chi connectivity index (χ0n) is 10.8. The van der Waals surface area contributed by atoms with E-state index >= 15 is 0 Å². The van der Waals surface area contributed by atoms with E-state index in [4.69, 9.17) is 11.6 Å². The molecule has 0 atom stereocenters. The molecule has 0 unspecified atom stereocenters. The molecule has 1 aromatic rings. The topological polar surface area (TPSA) is 92.8 Å². The first-order valence-electron chi connectivity index (χ1n) is 5.36. The maximum atomic E-state index is 11.9. The Morgan fingerprint density at radius 3 is 2.35 bits per heavy atom. The van der Waals surface area contributed by atoms with Crippen molar-refractivity contribution in [3.05, 3.63) is 29.3 Å². The van der Waals surface area contributed by atoms with Crippen LogP contribution < -0.4 is 4.72 Å². The number of hydrogen-bond donors (Lipinski definition) is 1. The third-order valence-electron chi connectivity index (χ3n) is 2.24. The van der Waals surface area contributed by atoms with Gasteiger partial charge in [0, 0.05) is 12.1 Å². The lowest BCUT2D eigenvalue weighted by atomic mass is 10.4. The van der Waals surface area contributed by atoms with Crippen molar-refractivity contribution < 1.29 is 22.7 Å². The average Bonchev–Trinajstić information content (AvgIpc) is 2.37. The summed E-state index contributed by atoms with van der Waals surface area (Å²) in [6.45, 7) is -0.445. The summed E-state index contributed by atoms with van der Waals surface area (Å²) in [5.74, 6) is -0.854. The number of hydrogen-bond acceptors (Lipinski definition) is 5. The van der Waals surface area contributed by atoms with Crippen molar-refractivity contribution in [3.63, 3.8) is 0 Å². The van der Waals surface area contributed by atoms with Crippen molar-refractivity contribution in [1.29, 1.82) is 0 Å². The van der Waals surface area contributed by atoms with E-state index in [0.717, 1.165) is 12.0 Å². The van der Waals surface area contributed by atoms with Crippen LogP contribution in [0.1, 0.15) is 0 Å². The zero-order chi connectivity index (χ0) is 15.3. The summed E-state index contributed by atoms with van der Waals surface area (Å²) >= 11 is 5.65. The molecule has 2 amide bonds. The van der Waals surface area contributed by atoms with Gasteiger partial charge in [-0.1, -0.05) is 11.6 Å². The predicted molar refractivity (Wildman–Crippen MR) is 71.8 cm³/mol. The van der Waals surface area contributed by atoms with Crippen LogP contribution in [0.2, 0.25) is 5.02 Å². The molecule has 0 aliphatic carbocycles. The summed E-state index contributed by atoms with van der Waals surface area (Å²) in [7, 11) is -1.53. The van der Waals surface area contributed by atoms with Crippen molar-refractivity contribution in [2.24, 2.45) is 0 Å². The molecular weight excluding hydrogens is 308 g/mol. The second kappa shape index (κ2) is 6.58. The van der Waals surface area contributed by atoms with Crippen molar-refractivity contribution in [2.75, 3.05) is 20.7 Å². The number of ether oxygens (including phenoxy) is 1. The lowest BCUT2D eigenvalue weighted by Gasteiger charge is -2.15. The predicted octanol–water partition coefficient (Wildman–Crippen LogP) is 0.843. The molecule has 0 spiro atoms. The summed E-state index contributed by atoms with van der Waals surface area (Å²) in [6, 6.07) is 5.31. The number of amides is 2. The van der Waals surface area contributed by atoms with Crippen LogP contribution >= 0.6 is 11.6 Å². The molecule has 0 saturated carbocycles. The standard InChI is InChI=1S/C11H13ClN2O5S/c1-14(11(16)19-2)7-10(15)13-20(17,18)9-5-3-8(12)4-6-9/h3-6H,7H2,1-2H3,(H,13,15). The molecule has 0 bridgehead atoms. The normalized spacial score (nSPS) is 10.8. The second-order valence-corrected chi connectivity index (χ2v) is 5.93. The maximum Gasteiger partial charge on any atom is 0.409 e. The Morgan fingerprint density at radius 1 is 1.30 bits per heavy atom. The SMILES string of the molecule is COC(=O)N(C)CC(=O)NS(=O)(=O)c1ccc(Cl)cc1. The van der Waals surface area contributed by atoms with Gasteiger partial charge in [0.1, 0.15) is 6.54 Å². The minimum absolute atomic E-state index is 0.101. The molecule has 0 aromatic heterocycles. The largest absolute Gasteiger partial charge is 0.453 e. The molecule has 110 valence electrons. The highest BCUT2D eigenvalue weighted by Gasteiger charge is 2.20. The van der Waals surface area contributed by atoms with Gasteiger partial charge in [0.2, 0.25) is 0 Å². The lowest BCUT2D eigenvalue weighted by molar-refractivity contribution is -0.119. The number of carbonyl (C=O) groups is 2. The van der Waals surface area contributed by atoms with Gasteiger partial charge in [-0.2, -0.15) is 0 Å². The van der Waals surface area contributed by atoms with E-state index in [2.05, 4.69) is 4.74 Å². The zero-order valence-corrected chi connectivity index (χ0v) is 12.4. The Labute approximate surface area is 121 Å². The molecule has 0 saturated heterocycles. The fourth-order valence-corrected chi connectivity index (χ4v) is 2.39. The Hall–Kier alpha value is -1.80. The summed E-state index contributed by atoms with van der Waals surface area (Å²) in [5, 5.41) is 0.376. The van der Waals surface area contributed by atoms with Gasteiger partial charge < -0.3 is 9.64 Å². The number of sulfonamides is 1. The number of benzene rings is 1. The van der Waals surface area contributed by atoms with Gasteiger partial charge in [0.15, 0.2) is 0 Å². The highest BCUT2D eigenvalue weighted by atomic mass is 35.5. The summed E-state index contributed by atoms with van der Waals surface area (Å²) in [5.41, 5.74) is 0. The van der Waals surface area contributed by atoms with Crippen molar-refractivity contribution in [2.45, 2.75) is 4.90 Å². The number of nitrogens with one attached hydrogen (secondary N) is 1. The Morgan fingerprint density at radius 2 is 1.85 bits per heavy atom. The first-order chi connectivity index (χ1) is 9.26. The van der Waals surface area contributed by atoms with Gasteiger partial charge >= 0.3 is 6.09 Å². The third-order valence-corrected chi connectivity index (χ3v) is 3.88. The summed E-state index contributed by atoms with van der Waals surface area (Å²) in [4.78, 5) is 23.5. The second-order valence-electron chi connectivity index (χ2n) is 3.81. The fourth-order valence-electron chi connectivity index (χ4n) is 1.29. The van der Waals surface area contributed by atoms with Crippen LogP contribution in [0, 0.1) is 0 Å². The molecule has 9 heteroatoms. The van der Waals surface area contributed by atoms with E-state index < -0.39 is 28.6 Å². The molecule has 0 aliphatic rings. The molecule has 20 heavy (non-hydrogen) atoms. The number of halogens is 1. The van der Waals surface area contributed by atoms with Gasteiger partial charge in [0.25, 0.3) is 15.9 Å². The van der Waals surface area contributed by atoms with E-state index in [0.29, 0.717) is 5.02 Å². The number of methoxy groups -OCH3 is 1. The van der Waals surface area contributed by atoms with Gasteiger partial charge in [-0.25, -0.2) is 17.9 Å². The third kappa shape index (κ3) is 4.39. The van der Waals surface area contributed by atoms with Gasteiger partial charge in [-0.05, 0) is 24.3 Å². The Kier molecular flexibility index (Phi) is 5.34. The Balaban J connectivity index is 2.74. The van der Waals surface area contributed by atoms with Gasteiger partial charge in [0.05, 0.1) is 12.0 Å². The quantitative estimate of drug-likeness (QED) is 0.887.